The van der Waals surface area contributed by atoms with Gasteiger partial charge in [-0.3, -0.25) is 14.4 Å². The Kier molecular flexibility index (Phi) is 10.9. The maximum Gasteiger partial charge on any atom is 0.261 e. The Hall–Kier alpha value is -2.96. The van der Waals surface area contributed by atoms with Gasteiger partial charge in [-0.2, -0.15) is 5.26 Å². The van der Waals surface area contributed by atoms with E-state index >= 15 is 0 Å². The van der Waals surface area contributed by atoms with E-state index in [0.717, 1.165) is 40.9 Å². The smallest absolute Gasteiger partial charge is 0.261 e. The van der Waals surface area contributed by atoms with Gasteiger partial charge in [0.15, 0.2) is 0 Å². The van der Waals surface area contributed by atoms with E-state index in [1.807, 2.05) is 19.1 Å². The minimum Gasteiger partial charge on any atom is -0.350 e. The number of halogens is 1. The minimum atomic E-state index is -0.811. The summed E-state index contributed by atoms with van der Waals surface area (Å²) < 4.78 is 0.914. The number of fused-ring (bicyclic) bond motifs is 1. The summed E-state index contributed by atoms with van der Waals surface area (Å²) in [5, 5.41) is 18.9. The van der Waals surface area contributed by atoms with Crippen LogP contribution in [0.5, 0.6) is 0 Å². The monoisotopic (exact) mass is 543 g/mol. The first kappa shape index (κ1) is 28.6. The zero-order valence-electron chi connectivity index (χ0n) is 21.1. The van der Waals surface area contributed by atoms with Gasteiger partial charge >= 0.3 is 0 Å². The topological polar surface area (TPSA) is 124 Å². The minimum absolute atomic E-state index is 0.177. The number of nitriles is 1. The second-order valence-corrected chi connectivity index (χ2v) is 11.1. The number of carbonyl (C=O) groups is 3. The highest BCUT2D eigenvalue weighted by atomic mass is 35.5. The summed E-state index contributed by atoms with van der Waals surface area (Å²) in [5.41, 5.74) is 0.613. The largest absolute Gasteiger partial charge is 0.350 e. The van der Waals surface area contributed by atoms with Gasteiger partial charge in [-0.05, 0) is 37.0 Å². The van der Waals surface area contributed by atoms with Crippen LogP contribution in [-0.4, -0.2) is 41.3 Å². The second-order valence-electron chi connectivity index (χ2n) is 9.54. The van der Waals surface area contributed by atoms with E-state index in [2.05, 4.69) is 27.5 Å². The van der Waals surface area contributed by atoms with E-state index in [9.17, 15) is 14.4 Å². The van der Waals surface area contributed by atoms with Crippen LogP contribution in [0.2, 0.25) is 5.02 Å². The predicted molar refractivity (Wildman–Crippen MR) is 146 cm³/mol. The van der Waals surface area contributed by atoms with Gasteiger partial charge in [0.1, 0.15) is 17.7 Å². The molecule has 3 amide bonds. The van der Waals surface area contributed by atoms with Gasteiger partial charge in [0.2, 0.25) is 11.8 Å². The molecule has 1 aromatic heterocycles. The molecule has 0 saturated heterocycles. The van der Waals surface area contributed by atoms with Gasteiger partial charge in [-0.1, -0.05) is 57.2 Å². The molecule has 8 nitrogen and oxygen atoms in total. The number of aromatic nitrogens is 1. The number of hydrogen-bond donors (Lipinski definition) is 3. The first-order valence-electron chi connectivity index (χ1n) is 12.8. The fourth-order valence-electron chi connectivity index (χ4n) is 4.60. The lowest BCUT2D eigenvalue weighted by molar-refractivity contribution is -0.129. The van der Waals surface area contributed by atoms with Gasteiger partial charge in [0, 0.05) is 30.5 Å². The average molecular weight is 544 g/mol. The third-order valence-electron chi connectivity index (χ3n) is 6.51. The highest BCUT2D eigenvalue weighted by Gasteiger charge is 2.27. The van der Waals surface area contributed by atoms with Crippen LogP contribution in [0, 0.1) is 17.2 Å². The van der Waals surface area contributed by atoms with Gasteiger partial charge in [0.25, 0.3) is 5.91 Å². The summed E-state index contributed by atoms with van der Waals surface area (Å²) in [6.45, 7) is 5.54. The molecule has 0 unspecified atom stereocenters. The van der Waals surface area contributed by atoms with Crippen molar-refractivity contribution >= 4 is 50.9 Å². The molecule has 37 heavy (non-hydrogen) atoms. The Morgan fingerprint density at radius 1 is 1.24 bits per heavy atom. The maximum atomic E-state index is 13.5. The summed E-state index contributed by atoms with van der Waals surface area (Å²) in [7, 11) is 0. The molecule has 1 fully saturated rings. The van der Waals surface area contributed by atoms with E-state index in [0.29, 0.717) is 30.2 Å². The van der Waals surface area contributed by atoms with Gasteiger partial charge in [-0.25, -0.2) is 4.98 Å². The van der Waals surface area contributed by atoms with Crippen molar-refractivity contribution in [2.45, 2.75) is 76.8 Å². The molecule has 10 heteroatoms. The molecular weight excluding hydrogens is 510 g/mol. The fourth-order valence-corrected chi connectivity index (χ4v) is 5.89. The molecule has 198 valence electrons. The standard InChI is InChI=1S/C27H34ClN5O3S/c1-3-7-24(34)32-22(14-25-33-21-11-10-19(28)13-23(21)37-25)27(36)31-20(12-18-8-5-4-6-9-18)16-30-26(35)17(2)15-29/h10-11,13,18,20,22H,2-9,12,14,16H2,1H3,(H,30,35)(H,31,36)(H,32,34)/t20-,22-/m0/s1. The SMILES string of the molecule is C=C(C#N)C(=O)NC[C@H](CC1CCCCC1)NC(=O)[C@H](Cc1nc2ccc(Cl)cc2s1)NC(=O)CCC. The highest BCUT2D eigenvalue weighted by molar-refractivity contribution is 7.18. The molecule has 1 aliphatic rings. The summed E-state index contributed by atoms with van der Waals surface area (Å²) >= 11 is 7.55. The summed E-state index contributed by atoms with van der Waals surface area (Å²) in [4.78, 5) is 42.7. The Labute approximate surface area is 226 Å². The zero-order valence-corrected chi connectivity index (χ0v) is 22.7. The molecule has 2 aromatic rings. The lowest BCUT2D eigenvalue weighted by atomic mass is 9.84. The highest BCUT2D eigenvalue weighted by Crippen LogP contribution is 2.28. The van der Waals surface area contributed by atoms with Crippen LogP contribution >= 0.6 is 22.9 Å². The molecule has 1 heterocycles. The second kappa shape index (κ2) is 14.1. The van der Waals surface area contributed by atoms with Crippen LogP contribution < -0.4 is 16.0 Å². The number of amides is 3. The van der Waals surface area contributed by atoms with Crippen LogP contribution in [-0.2, 0) is 20.8 Å². The molecule has 0 spiro atoms. The summed E-state index contributed by atoms with van der Waals surface area (Å²) in [6.07, 6.45) is 7.61. The van der Waals surface area contributed by atoms with Crippen molar-refractivity contribution in [1.29, 1.82) is 5.26 Å². The normalized spacial score (nSPS) is 15.4. The van der Waals surface area contributed by atoms with Crippen molar-refractivity contribution in [2.75, 3.05) is 6.54 Å². The Balaban J connectivity index is 1.75. The number of nitrogens with zero attached hydrogens (tertiary/aromatic N) is 2. The zero-order chi connectivity index (χ0) is 26.8. The first-order chi connectivity index (χ1) is 17.8. The lowest BCUT2D eigenvalue weighted by Crippen LogP contribution is -2.53. The van der Waals surface area contributed by atoms with Crippen LogP contribution in [0.4, 0.5) is 0 Å². The number of carbonyl (C=O) groups excluding carboxylic acids is 3. The quantitative estimate of drug-likeness (QED) is 0.270. The average Bonchev–Trinajstić information content (AvgIpc) is 3.28. The van der Waals surface area contributed by atoms with Crippen molar-refractivity contribution in [3.8, 4) is 6.07 Å². The van der Waals surface area contributed by atoms with Crippen LogP contribution in [0.15, 0.2) is 30.4 Å². The number of thiazole rings is 1. The number of hydrogen-bond acceptors (Lipinski definition) is 6. The first-order valence-corrected chi connectivity index (χ1v) is 14.0. The number of nitrogens with one attached hydrogen (secondary N) is 3. The molecule has 1 saturated carbocycles. The van der Waals surface area contributed by atoms with Gasteiger partial charge in [0.05, 0.1) is 15.2 Å². The van der Waals surface area contributed by atoms with Gasteiger partial charge in [-0.15, -0.1) is 11.3 Å². The lowest BCUT2D eigenvalue weighted by Gasteiger charge is -2.29. The van der Waals surface area contributed by atoms with E-state index in [4.69, 9.17) is 16.9 Å². The number of rotatable bonds is 12. The van der Waals surface area contributed by atoms with Crippen LogP contribution in [0.3, 0.4) is 0 Å². The number of benzene rings is 1. The van der Waals surface area contributed by atoms with E-state index in [-0.39, 0.29) is 36.4 Å². The summed E-state index contributed by atoms with van der Waals surface area (Å²) in [5.74, 6) is -0.631. The van der Waals surface area contributed by atoms with Crippen molar-refractivity contribution in [1.82, 2.24) is 20.9 Å². The molecule has 0 aliphatic heterocycles. The molecular formula is C27H34ClN5O3S. The maximum absolute atomic E-state index is 13.5. The Morgan fingerprint density at radius 2 is 2.00 bits per heavy atom. The molecule has 1 aliphatic carbocycles. The van der Waals surface area contributed by atoms with Crippen molar-refractivity contribution in [2.24, 2.45) is 5.92 Å². The van der Waals surface area contributed by atoms with Crippen LogP contribution in [0.25, 0.3) is 10.2 Å². The molecule has 2 atom stereocenters. The van der Waals surface area contributed by atoms with Crippen molar-refractivity contribution in [3.63, 3.8) is 0 Å². The molecule has 3 rings (SSSR count). The van der Waals surface area contributed by atoms with E-state index < -0.39 is 11.9 Å². The van der Waals surface area contributed by atoms with Crippen LogP contribution in [0.1, 0.15) is 63.3 Å². The van der Waals surface area contributed by atoms with Crippen molar-refractivity contribution in [3.05, 3.63) is 40.4 Å². The molecule has 0 bridgehead atoms. The molecule has 3 N–H and O–H groups in total. The van der Waals surface area contributed by atoms with E-state index in [1.54, 1.807) is 12.1 Å². The third-order valence-corrected chi connectivity index (χ3v) is 7.78. The van der Waals surface area contributed by atoms with E-state index in [1.165, 1.54) is 17.8 Å². The third kappa shape index (κ3) is 8.83. The molecule has 0 radical (unpaired) electrons. The Morgan fingerprint density at radius 3 is 2.70 bits per heavy atom. The summed E-state index contributed by atoms with van der Waals surface area (Å²) in [6, 6.07) is 6.03. The van der Waals surface area contributed by atoms with Gasteiger partial charge < -0.3 is 16.0 Å². The molecule has 1 aromatic carbocycles. The van der Waals surface area contributed by atoms with Crippen molar-refractivity contribution < 1.29 is 14.4 Å². The Bertz CT molecular complexity index is 1170. The fraction of sp³-hybridized carbons (Fsp3) is 0.519. The predicted octanol–water partition coefficient (Wildman–Crippen LogP) is 4.43.